The highest BCUT2D eigenvalue weighted by Gasteiger charge is 2.13. The number of halogens is 1. The fraction of sp³-hybridized carbons (Fsp3) is 0.318. The second-order valence-corrected chi connectivity index (χ2v) is 7.60. The van der Waals surface area contributed by atoms with E-state index >= 15 is 0 Å². The van der Waals surface area contributed by atoms with Gasteiger partial charge in [0, 0.05) is 31.8 Å². The van der Waals surface area contributed by atoms with Crippen LogP contribution in [-0.4, -0.2) is 36.5 Å². The molecule has 0 N–H and O–H groups in total. The summed E-state index contributed by atoms with van der Waals surface area (Å²) in [6, 6.07) is 9.64. The molecule has 2 aromatic rings. The van der Waals surface area contributed by atoms with E-state index < -0.39 is 4.92 Å². The predicted molar refractivity (Wildman–Crippen MR) is 117 cm³/mol. The van der Waals surface area contributed by atoms with Crippen LogP contribution in [0, 0.1) is 16.0 Å². The molecule has 0 aromatic heterocycles. The molecule has 8 heteroatoms. The highest BCUT2D eigenvalue weighted by molar-refractivity contribution is 6.32. The summed E-state index contributed by atoms with van der Waals surface area (Å²) in [5.41, 5.74) is 1.35. The number of nitro groups is 1. The maximum Gasteiger partial charge on any atom is 0.269 e. The Balaban J connectivity index is 2.10. The molecule has 2 aromatic carbocycles. The maximum atomic E-state index is 12.4. The van der Waals surface area contributed by atoms with Gasteiger partial charge in [0.05, 0.1) is 23.7 Å². The van der Waals surface area contributed by atoms with Gasteiger partial charge in [0.1, 0.15) is 0 Å². The van der Waals surface area contributed by atoms with Crippen molar-refractivity contribution >= 4 is 29.3 Å². The lowest BCUT2D eigenvalue weighted by atomic mass is 10.1. The third kappa shape index (κ3) is 6.49. The number of likely N-dealkylation sites (N-methyl/N-ethyl adjacent to an activating group) is 1. The smallest absolute Gasteiger partial charge is 0.269 e. The summed E-state index contributed by atoms with van der Waals surface area (Å²) in [6.07, 6.45) is 3.05. The lowest BCUT2D eigenvalue weighted by Gasteiger charge is -2.16. The summed E-state index contributed by atoms with van der Waals surface area (Å²) in [4.78, 5) is 24.3. The molecule has 30 heavy (non-hydrogen) atoms. The molecule has 0 bridgehead atoms. The minimum Gasteiger partial charge on any atom is -0.493 e. The van der Waals surface area contributed by atoms with Crippen LogP contribution in [0.15, 0.2) is 42.5 Å². The second kappa shape index (κ2) is 10.6. The number of nitro benzene ring substituents is 1. The zero-order valence-electron chi connectivity index (χ0n) is 17.4. The first-order valence-electron chi connectivity index (χ1n) is 9.38. The van der Waals surface area contributed by atoms with Crippen molar-refractivity contribution in [2.24, 2.45) is 5.92 Å². The van der Waals surface area contributed by atoms with Crippen molar-refractivity contribution in [3.63, 3.8) is 0 Å². The van der Waals surface area contributed by atoms with Crippen molar-refractivity contribution in [3.05, 3.63) is 68.7 Å². The lowest BCUT2D eigenvalue weighted by molar-refractivity contribution is -0.384. The van der Waals surface area contributed by atoms with Gasteiger partial charge < -0.3 is 14.4 Å². The average Bonchev–Trinajstić information content (AvgIpc) is 2.70. The van der Waals surface area contributed by atoms with Gasteiger partial charge in [-0.15, -0.1) is 0 Å². The molecule has 160 valence electrons. The monoisotopic (exact) mass is 432 g/mol. The Morgan fingerprint density at radius 3 is 2.67 bits per heavy atom. The van der Waals surface area contributed by atoms with Gasteiger partial charge >= 0.3 is 0 Å². The van der Waals surface area contributed by atoms with Crippen molar-refractivity contribution in [2.75, 3.05) is 20.8 Å². The van der Waals surface area contributed by atoms with E-state index in [1.807, 2.05) is 13.8 Å². The summed E-state index contributed by atoms with van der Waals surface area (Å²) < 4.78 is 11.1. The predicted octanol–water partition coefficient (Wildman–Crippen LogP) is 4.96. The number of carbonyl (C=O) groups excluding carboxylic acids is 1. The van der Waals surface area contributed by atoms with Crippen LogP contribution in [0.25, 0.3) is 6.08 Å². The summed E-state index contributed by atoms with van der Waals surface area (Å²) in [7, 11) is 3.15. The number of non-ortho nitro benzene ring substituents is 1. The Morgan fingerprint density at radius 1 is 1.30 bits per heavy atom. The lowest BCUT2D eigenvalue weighted by Crippen LogP contribution is -2.24. The molecule has 2 rings (SSSR count). The molecule has 0 radical (unpaired) electrons. The van der Waals surface area contributed by atoms with Gasteiger partial charge in [-0.1, -0.05) is 37.6 Å². The molecule has 0 spiro atoms. The molecule has 0 aliphatic heterocycles. The van der Waals surface area contributed by atoms with Gasteiger partial charge in [-0.2, -0.15) is 0 Å². The molecular weight excluding hydrogens is 408 g/mol. The highest BCUT2D eigenvalue weighted by Crippen LogP contribution is 2.37. The molecule has 7 nitrogen and oxygen atoms in total. The Labute approximate surface area is 181 Å². The van der Waals surface area contributed by atoms with E-state index in [-0.39, 0.29) is 18.1 Å². The van der Waals surface area contributed by atoms with E-state index in [0.29, 0.717) is 40.2 Å². The SMILES string of the molecule is COc1cc(/C=C/C(=O)N(C)Cc2cccc([N+](=O)[O-])c2)cc(Cl)c1OCC(C)C. The molecule has 0 heterocycles. The third-order valence-corrected chi connectivity index (χ3v) is 4.43. The van der Waals surface area contributed by atoms with E-state index in [4.69, 9.17) is 21.1 Å². The fourth-order valence-electron chi connectivity index (χ4n) is 2.64. The van der Waals surface area contributed by atoms with Crippen LogP contribution < -0.4 is 9.47 Å². The highest BCUT2D eigenvalue weighted by atomic mass is 35.5. The first-order chi connectivity index (χ1) is 14.2. The molecule has 0 saturated heterocycles. The Morgan fingerprint density at radius 2 is 2.03 bits per heavy atom. The van der Waals surface area contributed by atoms with E-state index in [0.717, 1.165) is 0 Å². The van der Waals surface area contributed by atoms with Crippen LogP contribution >= 0.6 is 11.6 Å². The number of ether oxygens (including phenoxy) is 2. The topological polar surface area (TPSA) is 81.9 Å². The van der Waals surface area contributed by atoms with Crippen molar-refractivity contribution in [1.29, 1.82) is 0 Å². The van der Waals surface area contributed by atoms with E-state index in [9.17, 15) is 14.9 Å². The molecule has 0 aliphatic rings. The summed E-state index contributed by atoms with van der Waals surface area (Å²) in [6.45, 7) is 4.82. The van der Waals surface area contributed by atoms with Crippen LogP contribution in [0.5, 0.6) is 11.5 Å². The largest absolute Gasteiger partial charge is 0.493 e. The van der Waals surface area contributed by atoms with Gasteiger partial charge in [-0.3, -0.25) is 14.9 Å². The van der Waals surface area contributed by atoms with E-state index in [1.54, 1.807) is 37.4 Å². The number of hydrogen-bond donors (Lipinski definition) is 0. The normalized spacial score (nSPS) is 11.0. The Bertz CT molecular complexity index is 943. The average molecular weight is 433 g/mol. The van der Waals surface area contributed by atoms with Crippen molar-refractivity contribution in [3.8, 4) is 11.5 Å². The molecule has 0 fully saturated rings. The summed E-state index contributed by atoms with van der Waals surface area (Å²) >= 11 is 6.33. The minimum absolute atomic E-state index is 0.00889. The number of carbonyl (C=O) groups is 1. The minimum atomic E-state index is -0.461. The molecular formula is C22H25ClN2O5. The first-order valence-corrected chi connectivity index (χ1v) is 9.76. The Hall–Kier alpha value is -3.06. The van der Waals surface area contributed by atoms with Crippen LogP contribution in [0.1, 0.15) is 25.0 Å². The number of amides is 1. The number of nitrogens with zero attached hydrogens (tertiary/aromatic N) is 2. The van der Waals surface area contributed by atoms with Crippen LogP contribution in [-0.2, 0) is 11.3 Å². The summed E-state index contributed by atoms with van der Waals surface area (Å²) in [5, 5.41) is 11.3. The zero-order valence-corrected chi connectivity index (χ0v) is 18.2. The number of hydrogen-bond acceptors (Lipinski definition) is 5. The third-order valence-electron chi connectivity index (χ3n) is 4.15. The van der Waals surface area contributed by atoms with Crippen LogP contribution in [0.4, 0.5) is 5.69 Å². The standard InChI is InChI=1S/C22H25ClN2O5/c1-15(2)14-30-22-19(23)11-16(12-20(22)29-4)8-9-21(26)24(3)13-17-6-5-7-18(10-17)25(27)28/h5-12,15H,13-14H2,1-4H3/b9-8+. The van der Waals surface area contributed by atoms with Crippen molar-refractivity contribution in [2.45, 2.75) is 20.4 Å². The van der Waals surface area contributed by atoms with Crippen LogP contribution in [0.3, 0.4) is 0 Å². The number of methoxy groups -OCH3 is 1. The van der Waals surface area contributed by atoms with Gasteiger partial charge in [0.15, 0.2) is 11.5 Å². The van der Waals surface area contributed by atoms with Gasteiger partial charge in [-0.05, 0) is 35.3 Å². The van der Waals surface area contributed by atoms with Gasteiger partial charge in [0.25, 0.3) is 5.69 Å². The molecule has 0 saturated carbocycles. The van der Waals surface area contributed by atoms with E-state index in [2.05, 4.69) is 0 Å². The zero-order chi connectivity index (χ0) is 22.3. The van der Waals surface area contributed by atoms with E-state index in [1.165, 1.54) is 30.2 Å². The van der Waals surface area contributed by atoms with Gasteiger partial charge in [0.2, 0.25) is 5.91 Å². The number of rotatable bonds is 9. The first kappa shape index (κ1) is 23.2. The molecule has 1 amide bonds. The van der Waals surface area contributed by atoms with Crippen LogP contribution in [0.2, 0.25) is 5.02 Å². The molecule has 0 atom stereocenters. The van der Waals surface area contributed by atoms with Gasteiger partial charge in [-0.25, -0.2) is 0 Å². The molecule has 0 aliphatic carbocycles. The fourth-order valence-corrected chi connectivity index (χ4v) is 2.91. The second-order valence-electron chi connectivity index (χ2n) is 7.19. The molecule has 0 unspecified atom stereocenters. The summed E-state index contributed by atoms with van der Waals surface area (Å²) in [5.74, 6) is 1.04. The Kier molecular flexibility index (Phi) is 8.24. The maximum absolute atomic E-state index is 12.4. The van der Waals surface area contributed by atoms with Crippen molar-refractivity contribution < 1.29 is 19.2 Å². The number of benzene rings is 2. The van der Waals surface area contributed by atoms with Crippen molar-refractivity contribution in [1.82, 2.24) is 4.90 Å². The quantitative estimate of drug-likeness (QED) is 0.317.